The first kappa shape index (κ1) is 28.7. The first-order valence-corrected chi connectivity index (χ1v) is 21.5. The van der Waals surface area contributed by atoms with Crippen molar-refractivity contribution in [3.63, 3.8) is 0 Å². The molecule has 0 N–H and O–H groups in total. The molecule has 0 spiro atoms. The van der Waals surface area contributed by atoms with Gasteiger partial charge in [0.1, 0.15) is 0 Å². The molecule has 0 fully saturated rings. The number of hydrogen-bond donors (Lipinski definition) is 0. The van der Waals surface area contributed by atoms with Gasteiger partial charge in [0, 0.05) is 40.7 Å². The molecule has 0 atom stereocenters. The molecular formula is C44H30BN3S3. The molecule has 5 heterocycles. The summed E-state index contributed by atoms with van der Waals surface area (Å²) in [4.78, 5) is 15.8. The van der Waals surface area contributed by atoms with Crippen LogP contribution in [0.15, 0.2) is 175 Å². The number of benzene rings is 7. The van der Waals surface area contributed by atoms with Crippen LogP contribution >= 0.6 is 33.6 Å². The fourth-order valence-electron chi connectivity index (χ4n) is 9.18. The van der Waals surface area contributed by atoms with Crippen LogP contribution < -0.4 is 31.1 Å². The highest BCUT2D eigenvalue weighted by Crippen LogP contribution is 2.68. The summed E-state index contributed by atoms with van der Waals surface area (Å²) in [5.74, 6) is 0. The largest absolute Gasteiger partial charge is 0.309 e. The Bertz CT molecular complexity index is 2510. The highest BCUT2D eigenvalue weighted by Gasteiger charge is 2.48. The van der Waals surface area contributed by atoms with Gasteiger partial charge in [0.2, 0.25) is 0 Å². The van der Waals surface area contributed by atoms with Crippen LogP contribution in [0.2, 0.25) is 0 Å². The van der Waals surface area contributed by atoms with E-state index in [0.717, 1.165) is 0 Å². The van der Waals surface area contributed by atoms with Crippen molar-refractivity contribution in [3.8, 4) is 0 Å². The van der Waals surface area contributed by atoms with Crippen LogP contribution in [0.1, 0.15) is 0 Å². The molecule has 5 aliphatic heterocycles. The second-order valence-electron chi connectivity index (χ2n) is 14.1. The first-order chi connectivity index (χ1) is 25.1. The summed E-state index contributed by atoms with van der Waals surface area (Å²) in [5, 5.41) is 0. The van der Waals surface area contributed by atoms with Crippen molar-refractivity contribution in [3.05, 3.63) is 146 Å². The van der Waals surface area contributed by atoms with Crippen LogP contribution in [0.4, 0.5) is 51.2 Å². The van der Waals surface area contributed by atoms with Crippen LogP contribution in [-0.4, -0.2) is 19.2 Å². The molecule has 0 amide bonds. The standard InChI is InChI=1S/C44H30BN3S3/c1-51(2)40-23-9-5-17-32(40)46(33-18-6-10-24-41(33)51)27-25-34-42-35(26-27)48-31-16-4-8-20-37(31)50-39-22-12-14-29(44(39)48)45(42)28-13-11-21-38-43(28)47(34)30-15-3-7-19-36(30)49-38/h3-26H,1-2H3. The lowest BCUT2D eigenvalue weighted by molar-refractivity contribution is 1.12. The van der Waals surface area contributed by atoms with Crippen molar-refractivity contribution >= 4 is 108 Å². The average Bonchev–Trinajstić information content (AvgIpc) is 3.17. The SMILES string of the molecule is CS1(C)c2ccccc2N(c2cc3c4c(c2)N2c5ccccc5Sc5cccc(c52)B4c2cccc4c2N3c2ccccc2S4)c2ccccc21. The van der Waals surface area contributed by atoms with E-state index in [1.54, 1.807) is 0 Å². The number of hydrogen-bond acceptors (Lipinski definition) is 5. The fraction of sp³-hybridized carbons (Fsp3) is 0.0455. The molecule has 0 unspecified atom stereocenters. The second-order valence-corrected chi connectivity index (χ2v) is 19.8. The predicted octanol–water partition coefficient (Wildman–Crippen LogP) is 11.0. The van der Waals surface area contributed by atoms with Gasteiger partial charge in [-0.1, -0.05) is 96.3 Å². The van der Waals surface area contributed by atoms with E-state index < -0.39 is 10.0 Å². The van der Waals surface area contributed by atoms with E-state index in [2.05, 4.69) is 173 Å². The van der Waals surface area contributed by atoms with Gasteiger partial charge in [0.05, 0.1) is 39.8 Å². The van der Waals surface area contributed by atoms with E-state index in [0.29, 0.717) is 0 Å². The zero-order valence-electron chi connectivity index (χ0n) is 28.0. The van der Waals surface area contributed by atoms with E-state index >= 15 is 0 Å². The van der Waals surface area contributed by atoms with Gasteiger partial charge in [-0.25, -0.2) is 0 Å². The van der Waals surface area contributed by atoms with Gasteiger partial charge in [-0.15, -0.1) is 0 Å². The second kappa shape index (κ2) is 10.1. The quantitative estimate of drug-likeness (QED) is 0.157. The third kappa shape index (κ3) is 3.66. The van der Waals surface area contributed by atoms with Gasteiger partial charge < -0.3 is 14.7 Å². The molecule has 242 valence electrons. The summed E-state index contributed by atoms with van der Waals surface area (Å²) in [6.07, 6.45) is 4.90. The van der Waals surface area contributed by atoms with Gasteiger partial charge >= 0.3 is 0 Å². The fourth-order valence-corrected chi connectivity index (χ4v) is 13.8. The number of fused-ring (bicyclic) bond motifs is 10. The van der Waals surface area contributed by atoms with Crippen molar-refractivity contribution < 1.29 is 0 Å². The van der Waals surface area contributed by atoms with Crippen molar-refractivity contribution in [2.45, 2.75) is 29.4 Å². The predicted molar refractivity (Wildman–Crippen MR) is 219 cm³/mol. The summed E-state index contributed by atoms with van der Waals surface area (Å²) >= 11 is 3.80. The van der Waals surface area contributed by atoms with E-state index in [1.165, 1.54) is 96.9 Å². The molecule has 7 aromatic carbocycles. The van der Waals surface area contributed by atoms with Gasteiger partial charge in [-0.3, -0.25) is 0 Å². The van der Waals surface area contributed by atoms with Crippen molar-refractivity contribution in [2.75, 3.05) is 27.2 Å². The molecular weight excluding hydrogens is 678 g/mol. The summed E-state index contributed by atoms with van der Waals surface area (Å²) in [5.41, 5.74) is 15.5. The maximum absolute atomic E-state index is 2.59. The Hall–Kier alpha value is -4.95. The number of anilines is 9. The van der Waals surface area contributed by atoms with Gasteiger partial charge in [-0.2, -0.15) is 10.0 Å². The summed E-state index contributed by atoms with van der Waals surface area (Å²) in [6, 6.07) is 55.0. The van der Waals surface area contributed by atoms with Gasteiger partial charge in [-0.05, 0) is 102 Å². The molecule has 0 saturated heterocycles. The molecule has 0 saturated carbocycles. The van der Waals surface area contributed by atoms with Crippen LogP contribution in [0, 0.1) is 0 Å². The number of rotatable bonds is 1. The minimum atomic E-state index is -1.22. The molecule has 0 aromatic heterocycles. The first-order valence-electron chi connectivity index (χ1n) is 17.4. The maximum atomic E-state index is 2.59. The van der Waals surface area contributed by atoms with Crippen LogP contribution in [0.5, 0.6) is 0 Å². The van der Waals surface area contributed by atoms with Crippen molar-refractivity contribution in [1.29, 1.82) is 0 Å². The zero-order chi connectivity index (χ0) is 33.6. The molecule has 12 rings (SSSR count). The minimum Gasteiger partial charge on any atom is -0.309 e. The smallest absolute Gasteiger partial charge is 0.252 e. The lowest BCUT2D eigenvalue weighted by atomic mass is 9.33. The lowest BCUT2D eigenvalue weighted by Gasteiger charge is -2.49. The number of para-hydroxylation sites is 6. The van der Waals surface area contributed by atoms with Crippen molar-refractivity contribution in [2.24, 2.45) is 0 Å². The normalized spacial score (nSPS) is 16.5. The Balaban J connectivity index is 1.23. The Morgan fingerprint density at radius 1 is 0.431 bits per heavy atom. The van der Waals surface area contributed by atoms with E-state index in [1.807, 2.05) is 23.5 Å². The van der Waals surface area contributed by atoms with E-state index in [4.69, 9.17) is 0 Å². The van der Waals surface area contributed by atoms with Crippen molar-refractivity contribution in [1.82, 2.24) is 0 Å². The average molecular weight is 708 g/mol. The molecule has 0 aliphatic carbocycles. The lowest BCUT2D eigenvalue weighted by Crippen LogP contribution is -2.62. The molecule has 7 heteroatoms. The third-order valence-corrected chi connectivity index (χ3v) is 16.4. The topological polar surface area (TPSA) is 9.72 Å². The molecule has 51 heavy (non-hydrogen) atoms. The van der Waals surface area contributed by atoms with Gasteiger partial charge in [0.15, 0.2) is 0 Å². The van der Waals surface area contributed by atoms with E-state index in [9.17, 15) is 0 Å². The van der Waals surface area contributed by atoms with Crippen LogP contribution in [0.3, 0.4) is 0 Å². The Labute approximate surface area is 308 Å². The molecule has 7 aromatic rings. The highest BCUT2D eigenvalue weighted by atomic mass is 32.3. The zero-order valence-corrected chi connectivity index (χ0v) is 30.4. The van der Waals surface area contributed by atoms with E-state index in [-0.39, 0.29) is 6.71 Å². The Kier molecular flexibility index (Phi) is 5.69. The van der Waals surface area contributed by atoms with Crippen LogP contribution in [0.25, 0.3) is 0 Å². The number of nitrogens with zero attached hydrogens (tertiary/aromatic N) is 3. The molecule has 3 nitrogen and oxygen atoms in total. The van der Waals surface area contributed by atoms with Gasteiger partial charge in [0.25, 0.3) is 6.71 Å². The Morgan fingerprint density at radius 2 is 0.863 bits per heavy atom. The van der Waals surface area contributed by atoms with Crippen LogP contribution in [-0.2, 0) is 0 Å². The summed E-state index contributed by atoms with van der Waals surface area (Å²) < 4.78 is 0. The minimum absolute atomic E-state index is 0.113. The summed E-state index contributed by atoms with van der Waals surface area (Å²) in [7, 11) is -1.22. The summed E-state index contributed by atoms with van der Waals surface area (Å²) in [6.45, 7) is 0.113. The monoisotopic (exact) mass is 707 g/mol. The third-order valence-electron chi connectivity index (χ3n) is 11.2. The molecule has 0 bridgehead atoms. The highest BCUT2D eigenvalue weighted by molar-refractivity contribution is 8.33. The maximum Gasteiger partial charge on any atom is 0.252 e. The molecule has 0 radical (unpaired) electrons. The Morgan fingerprint density at radius 3 is 1.37 bits per heavy atom. The molecule has 5 aliphatic rings.